The summed E-state index contributed by atoms with van der Waals surface area (Å²) in [4.78, 5) is 15.7. The Morgan fingerprint density at radius 1 is 0.407 bits per heavy atom. The molecule has 0 saturated heterocycles. The first kappa shape index (κ1) is 33.7. The van der Waals surface area contributed by atoms with Crippen molar-refractivity contribution in [3.05, 3.63) is 174 Å². The summed E-state index contributed by atoms with van der Waals surface area (Å²) in [6.07, 6.45) is 6.83. The number of aromatic nitrogens is 3. The van der Waals surface area contributed by atoms with Gasteiger partial charge in [-0.15, -0.1) is 0 Å². The average molecular weight is 760 g/mol. The minimum atomic E-state index is -0.0408. The number of fused-ring (bicyclic) bond motifs is 8. The molecule has 14 rings (SSSR count). The Morgan fingerprint density at radius 2 is 0.932 bits per heavy atom. The summed E-state index contributed by atoms with van der Waals surface area (Å²) in [6.45, 7) is 4.69. The zero-order valence-corrected chi connectivity index (χ0v) is 33.6. The molecule has 0 radical (unpaired) electrons. The van der Waals surface area contributed by atoms with Crippen molar-refractivity contribution in [2.24, 2.45) is 23.7 Å². The Bertz CT molecular complexity index is 3000. The molecule has 4 saturated carbocycles. The lowest BCUT2D eigenvalue weighted by atomic mass is 9.43. The first-order valence-electron chi connectivity index (χ1n) is 21.8. The number of benzene rings is 7. The maximum atomic E-state index is 5.32. The van der Waals surface area contributed by atoms with Crippen LogP contribution in [0.2, 0.25) is 0 Å². The van der Waals surface area contributed by atoms with Crippen LogP contribution in [-0.4, -0.2) is 15.0 Å². The molecule has 0 unspecified atom stereocenters. The maximum absolute atomic E-state index is 5.32. The van der Waals surface area contributed by atoms with Gasteiger partial charge in [0.05, 0.1) is 0 Å². The zero-order chi connectivity index (χ0) is 39.0. The standard InChI is InChI=1S/C56H45N3/c1-55(2)48-15-9-8-14-44(48)45-23-21-39(31-49(45)55)35-16-18-38(19-17-35)53-57-52(37-11-4-3-5-12-37)58-54(59-53)40-22-24-46-47-25-20-36-10-6-7-13-43(36)51(47)56(50(46)32-40)41-27-33-26-34(29-41)30-42(56)28-33/h3-25,31-34,41-42H,26-30H2,1-2H3. The summed E-state index contributed by atoms with van der Waals surface area (Å²) in [5.41, 5.74) is 16.9. The van der Waals surface area contributed by atoms with Gasteiger partial charge in [0.15, 0.2) is 17.5 Å². The van der Waals surface area contributed by atoms with Gasteiger partial charge in [-0.1, -0.05) is 153 Å². The second-order valence-electron chi connectivity index (χ2n) is 18.8. The largest absolute Gasteiger partial charge is 0.208 e. The zero-order valence-electron chi connectivity index (χ0n) is 33.6. The van der Waals surface area contributed by atoms with Gasteiger partial charge in [-0.3, -0.25) is 0 Å². The highest BCUT2D eigenvalue weighted by Crippen LogP contribution is 2.70. The van der Waals surface area contributed by atoms with Gasteiger partial charge in [0.25, 0.3) is 0 Å². The Kier molecular flexibility index (Phi) is 6.96. The molecule has 3 heteroatoms. The number of nitrogens with zero attached hydrogens (tertiary/aromatic N) is 3. The summed E-state index contributed by atoms with van der Waals surface area (Å²) in [6, 6.07) is 56.1. The molecule has 1 aromatic heterocycles. The molecule has 4 fully saturated rings. The van der Waals surface area contributed by atoms with E-state index in [0.29, 0.717) is 23.5 Å². The van der Waals surface area contributed by atoms with E-state index in [-0.39, 0.29) is 10.8 Å². The van der Waals surface area contributed by atoms with Crippen molar-refractivity contribution in [3.8, 4) is 67.5 Å². The van der Waals surface area contributed by atoms with Crippen LogP contribution in [0.3, 0.4) is 0 Å². The van der Waals surface area contributed by atoms with Gasteiger partial charge in [0.2, 0.25) is 0 Å². The van der Waals surface area contributed by atoms with Crippen LogP contribution < -0.4 is 0 Å². The third kappa shape index (κ3) is 4.73. The minimum absolute atomic E-state index is 0.0263. The molecule has 6 aliphatic rings. The van der Waals surface area contributed by atoms with E-state index in [1.807, 2.05) is 0 Å². The third-order valence-electron chi connectivity index (χ3n) is 15.5. The molecule has 0 aliphatic heterocycles. The molecule has 7 aromatic carbocycles. The monoisotopic (exact) mass is 759 g/mol. The highest BCUT2D eigenvalue weighted by Gasteiger charge is 2.62. The molecule has 0 atom stereocenters. The van der Waals surface area contributed by atoms with E-state index < -0.39 is 0 Å². The molecule has 59 heavy (non-hydrogen) atoms. The average Bonchev–Trinajstić information content (AvgIpc) is 3.70. The highest BCUT2D eigenvalue weighted by atomic mass is 15.0. The van der Waals surface area contributed by atoms with Gasteiger partial charge in [0.1, 0.15) is 0 Å². The Morgan fingerprint density at radius 3 is 1.68 bits per heavy atom. The Hall–Kier alpha value is -6.19. The molecule has 3 nitrogen and oxygen atoms in total. The van der Waals surface area contributed by atoms with Crippen molar-refractivity contribution in [1.29, 1.82) is 0 Å². The fourth-order valence-electron chi connectivity index (χ4n) is 13.2. The van der Waals surface area contributed by atoms with Crippen LogP contribution in [0.1, 0.15) is 68.2 Å². The summed E-state index contributed by atoms with van der Waals surface area (Å²) >= 11 is 0. The summed E-state index contributed by atoms with van der Waals surface area (Å²) < 4.78 is 0. The van der Waals surface area contributed by atoms with Crippen molar-refractivity contribution in [1.82, 2.24) is 15.0 Å². The fourth-order valence-corrected chi connectivity index (χ4v) is 13.2. The first-order valence-corrected chi connectivity index (χ1v) is 21.8. The number of hydrogen-bond acceptors (Lipinski definition) is 3. The van der Waals surface area contributed by atoms with E-state index in [2.05, 4.69) is 166 Å². The van der Waals surface area contributed by atoms with Crippen LogP contribution in [0.25, 0.3) is 78.3 Å². The van der Waals surface area contributed by atoms with Crippen LogP contribution in [0.5, 0.6) is 0 Å². The predicted octanol–water partition coefficient (Wildman–Crippen LogP) is 13.7. The molecule has 1 spiro atoms. The van der Waals surface area contributed by atoms with Crippen LogP contribution >= 0.6 is 0 Å². The predicted molar refractivity (Wildman–Crippen MR) is 240 cm³/mol. The molecule has 8 aromatic rings. The van der Waals surface area contributed by atoms with E-state index in [9.17, 15) is 0 Å². The quantitative estimate of drug-likeness (QED) is 0.179. The fraction of sp³-hybridized carbons (Fsp3) is 0.232. The molecule has 0 N–H and O–H groups in total. The van der Waals surface area contributed by atoms with Crippen molar-refractivity contribution < 1.29 is 0 Å². The van der Waals surface area contributed by atoms with Gasteiger partial charge >= 0.3 is 0 Å². The second kappa shape index (κ2) is 12.2. The van der Waals surface area contributed by atoms with E-state index in [4.69, 9.17) is 15.0 Å². The molecule has 1 heterocycles. The smallest absolute Gasteiger partial charge is 0.164 e. The summed E-state index contributed by atoms with van der Waals surface area (Å²) in [7, 11) is 0. The molecular weight excluding hydrogens is 715 g/mol. The van der Waals surface area contributed by atoms with Crippen LogP contribution in [0.4, 0.5) is 0 Å². The lowest BCUT2D eigenvalue weighted by Crippen LogP contribution is -2.55. The third-order valence-corrected chi connectivity index (χ3v) is 15.5. The van der Waals surface area contributed by atoms with Crippen molar-refractivity contribution in [2.75, 3.05) is 0 Å². The lowest BCUT2D eigenvalue weighted by Gasteiger charge is -2.61. The van der Waals surface area contributed by atoms with Crippen LogP contribution in [-0.2, 0) is 10.8 Å². The molecular formula is C56H45N3. The van der Waals surface area contributed by atoms with E-state index in [1.54, 1.807) is 5.56 Å². The summed E-state index contributed by atoms with van der Waals surface area (Å²) in [5.74, 6) is 5.23. The van der Waals surface area contributed by atoms with Crippen LogP contribution in [0, 0.1) is 23.7 Å². The van der Waals surface area contributed by atoms with Gasteiger partial charge < -0.3 is 0 Å². The maximum Gasteiger partial charge on any atom is 0.164 e. The van der Waals surface area contributed by atoms with E-state index in [0.717, 1.165) is 34.4 Å². The molecule has 284 valence electrons. The van der Waals surface area contributed by atoms with Gasteiger partial charge in [-0.05, 0) is 134 Å². The Balaban J connectivity index is 0.934. The topological polar surface area (TPSA) is 38.7 Å². The van der Waals surface area contributed by atoms with Gasteiger partial charge in [-0.25, -0.2) is 15.0 Å². The van der Waals surface area contributed by atoms with Gasteiger partial charge in [-0.2, -0.15) is 0 Å². The molecule has 4 bridgehead atoms. The molecule has 0 amide bonds. The summed E-state index contributed by atoms with van der Waals surface area (Å²) in [5, 5.41) is 2.81. The highest BCUT2D eigenvalue weighted by molar-refractivity contribution is 5.98. The normalized spacial score (nSPS) is 23.6. The first-order chi connectivity index (χ1) is 28.9. The molecule has 6 aliphatic carbocycles. The lowest BCUT2D eigenvalue weighted by molar-refractivity contribution is -0.0393. The van der Waals surface area contributed by atoms with Crippen molar-refractivity contribution >= 4 is 10.8 Å². The van der Waals surface area contributed by atoms with E-state index in [1.165, 1.54) is 92.9 Å². The number of hydrogen-bond donors (Lipinski definition) is 0. The SMILES string of the molecule is CC1(C)c2ccccc2-c2ccc(-c3ccc(-c4nc(-c5ccccc5)nc(-c5ccc6c(c5)C5(c7c-6ccc6ccccc76)C6CC7CC(C6)CC5C7)n4)cc3)cc21. The van der Waals surface area contributed by atoms with Crippen molar-refractivity contribution in [3.63, 3.8) is 0 Å². The second-order valence-corrected chi connectivity index (χ2v) is 18.8. The Labute approximate surface area is 346 Å². The van der Waals surface area contributed by atoms with E-state index >= 15 is 0 Å². The van der Waals surface area contributed by atoms with Crippen molar-refractivity contribution in [2.45, 2.75) is 56.8 Å². The van der Waals surface area contributed by atoms with Crippen LogP contribution in [0.15, 0.2) is 152 Å². The van der Waals surface area contributed by atoms with Gasteiger partial charge in [0, 0.05) is 27.5 Å². The minimum Gasteiger partial charge on any atom is -0.208 e. The number of rotatable bonds is 4.